The van der Waals surface area contributed by atoms with Gasteiger partial charge in [0.25, 0.3) is 5.91 Å². The van der Waals surface area contributed by atoms with E-state index >= 15 is 0 Å². The molecule has 0 N–H and O–H groups in total. The van der Waals surface area contributed by atoms with Gasteiger partial charge in [-0.05, 0) is 43.3 Å². The molecule has 0 spiro atoms. The molecule has 1 aromatic heterocycles. The molecule has 3 rings (SSSR count). The zero-order chi connectivity index (χ0) is 22.6. The average molecular weight is 463 g/mol. The third kappa shape index (κ3) is 5.02. The minimum Gasteiger partial charge on any atom is -0.494 e. The van der Waals surface area contributed by atoms with Crippen LogP contribution in [-0.4, -0.2) is 44.3 Å². The Labute approximate surface area is 183 Å². The maximum Gasteiger partial charge on any atom is 0.325 e. The van der Waals surface area contributed by atoms with Gasteiger partial charge in [-0.15, -0.1) is 0 Å². The van der Waals surface area contributed by atoms with Crippen molar-refractivity contribution in [3.8, 4) is 5.75 Å². The smallest absolute Gasteiger partial charge is 0.325 e. The Morgan fingerprint density at radius 3 is 2.58 bits per heavy atom. The molecule has 3 aromatic rings. The number of hydrogen-bond acceptors (Lipinski definition) is 7. The number of amides is 1. The van der Waals surface area contributed by atoms with Crippen molar-refractivity contribution in [1.82, 2.24) is 4.57 Å². The van der Waals surface area contributed by atoms with Crippen LogP contribution in [0.15, 0.2) is 52.4 Å². The number of methoxy groups -OCH3 is 1. The van der Waals surface area contributed by atoms with Gasteiger partial charge in [-0.2, -0.15) is 4.99 Å². The highest BCUT2D eigenvalue weighted by atomic mass is 32.2. The third-order valence-corrected chi connectivity index (χ3v) is 7.27. The van der Waals surface area contributed by atoms with Crippen LogP contribution in [0.25, 0.3) is 10.2 Å². The number of ether oxygens (including phenoxy) is 2. The second-order valence-electron chi connectivity index (χ2n) is 6.46. The van der Waals surface area contributed by atoms with Crippen molar-refractivity contribution >= 4 is 43.3 Å². The normalized spacial score (nSPS) is 12.2. The number of benzene rings is 2. The first-order valence-corrected chi connectivity index (χ1v) is 12.0. The van der Waals surface area contributed by atoms with Crippen LogP contribution in [0.3, 0.4) is 0 Å². The predicted octanol–water partition coefficient (Wildman–Crippen LogP) is 2.81. The SMILES string of the molecule is CCOc1ccc2c(c1)sc(=NC(=O)c1cccc(S(=O)(=O)CC)c1)n2CC(=O)OC. The molecule has 0 fully saturated rings. The lowest BCUT2D eigenvalue weighted by atomic mass is 10.2. The molecule has 0 saturated heterocycles. The van der Waals surface area contributed by atoms with Gasteiger partial charge in [0.2, 0.25) is 0 Å². The number of thiazole rings is 1. The van der Waals surface area contributed by atoms with Crippen molar-refractivity contribution in [2.75, 3.05) is 19.5 Å². The molecule has 1 heterocycles. The van der Waals surface area contributed by atoms with Crippen LogP contribution in [0.1, 0.15) is 24.2 Å². The van der Waals surface area contributed by atoms with Crippen LogP contribution in [0.2, 0.25) is 0 Å². The van der Waals surface area contributed by atoms with Crippen molar-refractivity contribution in [2.24, 2.45) is 4.99 Å². The van der Waals surface area contributed by atoms with Gasteiger partial charge in [-0.25, -0.2) is 8.42 Å². The fourth-order valence-corrected chi connectivity index (χ4v) is 4.86. The molecule has 8 nitrogen and oxygen atoms in total. The average Bonchev–Trinajstić information content (AvgIpc) is 3.09. The maximum absolute atomic E-state index is 12.8. The van der Waals surface area contributed by atoms with Crippen molar-refractivity contribution in [1.29, 1.82) is 0 Å². The second kappa shape index (κ2) is 9.44. The van der Waals surface area contributed by atoms with Gasteiger partial charge < -0.3 is 14.0 Å². The number of aromatic nitrogens is 1. The molecule has 0 bridgehead atoms. The van der Waals surface area contributed by atoms with E-state index in [-0.39, 0.29) is 22.8 Å². The maximum atomic E-state index is 12.8. The van der Waals surface area contributed by atoms with Crippen LogP contribution in [0.4, 0.5) is 0 Å². The predicted molar refractivity (Wildman–Crippen MR) is 117 cm³/mol. The van der Waals surface area contributed by atoms with Gasteiger partial charge in [-0.3, -0.25) is 9.59 Å². The standard InChI is InChI=1S/C21H22N2O6S2/c1-4-29-15-9-10-17-18(12-15)30-21(23(17)13-19(24)28-3)22-20(25)14-7-6-8-16(11-14)31(26,27)5-2/h6-12H,4-5,13H2,1-3H3. The number of esters is 1. The summed E-state index contributed by atoms with van der Waals surface area (Å²) in [5, 5.41) is 0. The summed E-state index contributed by atoms with van der Waals surface area (Å²) >= 11 is 1.22. The summed E-state index contributed by atoms with van der Waals surface area (Å²) < 4.78 is 36.9. The van der Waals surface area contributed by atoms with E-state index in [9.17, 15) is 18.0 Å². The van der Waals surface area contributed by atoms with Crippen LogP contribution in [-0.2, 0) is 25.9 Å². The molecule has 0 aliphatic carbocycles. The largest absolute Gasteiger partial charge is 0.494 e. The van der Waals surface area contributed by atoms with Crippen molar-refractivity contribution in [2.45, 2.75) is 25.3 Å². The first-order valence-electron chi connectivity index (χ1n) is 9.54. The van der Waals surface area contributed by atoms with E-state index in [1.807, 2.05) is 13.0 Å². The summed E-state index contributed by atoms with van der Waals surface area (Å²) in [6.07, 6.45) is 0. The second-order valence-corrected chi connectivity index (χ2v) is 9.75. The topological polar surface area (TPSA) is 104 Å². The van der Waals surface area contributed by atoms with Gasteiger partial charge in [0.05, 0.1) is 34.6 Å². The lowest BCUT2D eigenvalue weighted by molar-refractivity contribution is -0.141. The Hall–Kier alpha value is -2.98. The van der Waals surface area contributed by atoms with Gasteiger partial charge >= 0.3 is 5.97 Å². The van der Waals surface area contributed by atoms with Crippen LogP contribution in [0, 0.1) is 0 Å². The molecule has 0 atom stereocenters. The third-order valence-electron chi connectivity index (χ3n) is 4.50. The molecule has 10 heteroatoms. The summed E-state index contributed by atoms with van der Waals surface area (Å²) in [7, 11) is -2.17. The van der Waals surface area contributed by atoms with E-state index in [1.165, 1.54) is 49.6 Å². The fourth-order valence-electron chi connectivity index (χ4n) is 2.88. The molecule has 164 valence electrons. The van der Waals surface area contributed by atoms with E-state index in [0.29, 0.717) is 22.7 Å². The Kier molecular flexibility index (Phi) is 6.91. The lowest BCUT2D eigenvalue weighted by Gasteiger charge is -2.05. The Bertz CT molecular complexity index is 1300. The number of nitrogens with zero attached hydrogens (tertiary/aromatic N) is 2. The Balaban J connectivity index is 2.11. The Morgan fingerprint density at radius 1 is 1.13 bits per heavy atom. The number of hydrogen-bond donors (Lipinski definition) is 0. The highest BCUT2D eigenvalue weighted by Gasteiger charge is 2.16. The summed E-state index contributed by atoms with van der Waals surface area (Å²) in [6.45, 7) is 3.80. The van der Waals surface area contributed by atoms with E-state index in [1.54, 1.807) is 16.7 Å². The number of carbonyl (C=O) groups excluding carboxylic acids is 2. The number of fused-ring (bicyclic) bond motifs is 1. The molecule has 0 aliphatic rings. The summed E-state index contributed by atoms with van der Waals surface area (Å²) in [5.41, 5.74) is 0.847. The van der Waals surface area contributed by atoms with Crippen molar-refractivity contribution in [3.63, 3.8) is 0 Å². The first-order chi connectivity index (χ1) is 14.8. The van der Waals surface area contributed by atoms with Gasteiger partial charge in [0.1, 0.15) is 12.3 Å². The molecule has 0 aliphatic heterocycles. The summed E-state index contributed by atoms with van der Waals surface area (Å²) in [4.78, 5) is 29.3. The van der Waals surface area contributed by atoms with Crippen molar-refractivity contribution < 1.29 is 27.5 Å². The van der Waals surface area contributed by atoms with Gasteiger partial charge in [0.15, 0.2) is 14.6 Å². The van der Waals surface area contributed by atoms with E-state index in [4.69, 9.17) is 9.47 Å². The number of carbonyl (C=O) groups is 2. The minimum absolute atomic E-state index is 0.0659. The van der Waals surface area contributed by atoms with Crippen LogP contribution >= 0.6 is 11.3 Å². The highest BCUT2D eigenvalue weighted by molar-refractivity contribution is 7.91. The zero-order valence-electron chi connectivity index (χ0n) is 17.3. The molecular weight excluding hydrogens is 440 g/mol. The van der Waals surface area contributed by atoms with Crippen LogP contribution in [0.5, 0.6) is 5.75 Å². The lowest BCUT2D eigenvalue weighted by Crippen LogP contribution is -2.22. The monoisotopic (exact) mass is 462 g/mol. The summed E-state index contributed by atoms with van der Waals surface area (Å²) in [6, 6.07) is 11.2. The molecule has 31 heavy (non-hydrogen) atoms. The van der Waals surface area contributed by atoms with E-state index in [2.05, 4.69) is 4.99 Å². The first kappa shape index (κ1) is 22.7. The molecule has 0 radical (unpaired) electrons. The molecule has 0 unspecified atom stereocenters. The molecule has 2 aromatic carbocycles. The quantitative estimate of drug-likeness (QED) is 0.500. The molecular formula is C21H22N2O6S2. The summed E-state index contributed by atoms with van der Waals surface area (Å²) in [5.74, 6) is -0.502. The Morgan fingerprint density at radius 2 is 1.90 bits per heavy atom. The molecule has 0 saturated carbocycles. The highest BCUT2D eigenvalue weighted by Crippen LogP contribution is 2.24. The fraction of sp³-hybridized carbons (Fsp3) is 0.286. The van der Waals surface area contributed by atoms with E-state index < -0.39 is 21.7 Å². The van der Waals surface area contributed by atoms with Crippen LogP contribution < -0.4 is 9.54 Å². The van der Waals surface area contributed by atoms with Crippen molar-refractivity contribution in [3.05, 3.63) is 52.8 Å². The van der Waals surface area contributed by atoms with Gasteiger partial charge in [-0.1, -0.05) is 24.3 Å². The molecule has 1 amide bonds. The number of sulfone groups is 1. The minimum atomic E-state index is -3.46. The van der Waals surface area contributed by atoms with Gasteiger partial charge in [0, 0.05) is 5.56 Å². The number of rotatable bonds is 7. The zero-order valence-corrected chi connectivity index (χ0v) is 19.0. The van der Waals surface area contributed by atoms with E-state index in [0.717, 1.165) is 4.70 Å².